The van der Waals surface area contributed by atoms with Crippen molar-refractivity contribution in [2.45, 2.75) is 26.2 Å². The third-order valence-electron chi connectivity index (χ3n) is 2.94. The second-order valence-corrected chi connectivity index (χ2v) is 3.67. The molecule has 1 aromatic rings. The van der Waals surface area contributed by atoms with E-state index in [-0.39, 0.29) is 0 Å². The van der Waals surface area contributed by atoms with E-state index in [9.17, 15) is 0 Å². The van der Waals surface area contributed by atoms with Crippen LogP contribution in [0.25, 0.3) is 0 Å². The van der Waals surface area contributed by atoms with Gasteiger partial charge in [-0.3, -0.25) is 0 Å². The lowest BCUT2D eigenvalue weighted by molar-refractivity contribution is 0.532. The summed E-state index contributed by atoms with van der Waals surface area (Å²) in [5, 5.41) is 0. The van der Waals surface area contributed by atoms with Crippen LogP contribution in [0.5, 0.6) is 0 Å². The topological polar surface area (TPSA) is 0 Å². The maximum absolute atomic E-state index is 2.34. The molecule has 0 heteroatoms. The fourth-order valence-electron chi connectivity index (χ4n) is 1.99. The average molecular weight is 146 g/mol. The predicted molar refractivity (Wildman–Crippen MR) is 47.7 cm³/mol. The highest BCUT2D eigenvalue weighted by molar-refractivity contribution is 5.35. The molecule has 0 aliphatic heterocycles. The van der Waals surface area contributed by atoms with Gasteiger partial charge in [0.1, 0.15) is 0 Å². The van der Waals surface area contributed by atoms with Gasteiger partial charge in [-0.25, -0.2) is 0 Å². The minimum absolute atomic E-state index is 0.770. The van der Waals surface area contributed by atoms with Crippen molar-refractivity contribution in [1.82, 2.24) is 0 Å². The maximum Gasteiger partial charge on any atom is -0.0159 e. The first-order chi connectivity index (χ1) is 5.29. The summed E-state index contributed by atoms with van der Waals surface area (Å²) in [6.07, 6.45) is 1.28. The molecule has 0 saturated heterocycles. The van der Waals surface area contributed by atoms with Gasteiger partial charge in [-0.15, -0.1) is 0 Å². The molecule has 11 heavy (non-hydrogen) atoms. The lowest BCUT2D eigenvalue weighted by atomic mass is 9.97. The Morgan fingerprint density at radius 1 is 1.18 bits per heavy atom. The van der Waals surface area contributed by atoms with Crippen molar-refractivity contribution in [2.24, 2.45) is 5.92 Å². The van der Waals surface area contributed by atoms with Crippen molar-refractivity contribution in [2.75, 3.05) is 0 Å². The van der Waals surface area contributed by atoms with Crippen LogP contribution in [0.15, 0.2) is 24.3 Å². The molecule has 2 atom stereocenters. The number of hydrogen-bond donors (Lipinski definition) is 0. The second kappa shape index (κ2) is 2.37. The molecule has 0 heterocycles. The van der Waals surface area contributed by atoms with Gasteiger partial charge in [-0.1, -0.05) is 38.1 Å². The maximum atomic E-state index is 2.34. The van der Waals surface area contributed by atoms with Gasteiger partial charge < -0.3 is 0 Å². The first-order valence-corrected chi connectivity index (χ1v) is 4.37. The summed E-state index contributed by atoms with van der Waals surface area (Å²) in [7, 11) is 0. The van der Waals surface area contributed by atoms with Gasteiger partial charge in [0.15, 0.2) is 0 Å². The lowest BCUT2D eigenvalue weighted by Crippen LogP contribution is -1.97. The monoisotopic (exact) mass is 146 g/mol. The third-order valence-corrected chi connectivity index (χ3v) is 2.94. The Morgan fingerprint density at radius 3 is 2.64 bits per heavy atom. The molecule has 1 aliphatic rings. The molecule has 0 radical (unpaired) electrons. The molecule has 2 rings (SSSR count). The van der Waals surface area contributed by atoms with Crippen LogP contribution in [0.3, 0.4) is 0 Å². The highest BCUT2D eigenvalue weighted by atomic mass is 14.3. The van der Waals surface area contributed by atoms with Crippen LogP contribution >= 0.6 is 0 Å². The van der Waals surface area contributed by atoms with Crippen molar-refractivity contribution in [3.05, 3.63) is 35.4 Å². The van der Waals surface area contributed by atoms with E-state index in [1.165, 1.54) is 6.42 Å². The molecular formula is C11H14. The number of hydrogen-bond acceptors (Lipinski definition) is 0. The van der Waals surface area contributed by atoms with Crippen molar-refractivity contribution in [1.29, 1.82) is 0 Å². The van der Waals surface area contributed by atoms with Gasteiger partial charge in [0.05, 0.1) is 0 Å². The van der Waals surface area contributed by atoms with E-state index < -0.39 is 0 Å². The van der Waals surface area contributed by atoms with Crippen LogP contribution in [0.1, 0.15) is 30.9 Å². The van der Waals surface area contributed by atoms with Crippen molar-refractivity contribution >= 4 is 0 Å². The van der Waals surface area contributed by atoms with E-state index in [0.717, 1.165) is 11.8 Å². The molecule has 1 aromatic carbocycles. The molecule has 0 N–H and O–H groups in total. The molecule has 0 fully saturated rings. The smallest absolute Gasteiger partial charge is 0.0159 e. The van der Waals surface area contributed by atoms with Gasteiger partial charge in [-0.05, 0) is 29.4 Å². The minimum Gasteiger partial charge on any atom is -0.0620 e. The average Bonchev–Trinajstić information content (AvgIpc) is 2.30. The minimum atomic E-state index is 0.770. The Bertz CT molecular complexity index is 262. The highest BCUT2D eigenvalue weighted by Crippen LogP contribution is 2.36. The Labute approximate surface area is 68.3 Å². The van der Waals surface area contributed by atoms with Crippen LogP contribution in [0.4, 0.5) is 0 Å². The normalized spacial score (nSPS) is 28.5. The van der Waals surface area contributed by atoms with E-state index in [4.69, 9.17) is 0 Å². The molecule has 0 saturated carbocycles. The summed E-state index contributed by atoms with van der Waals surface area (Å²) in [4.78, 5) is 0. The standard InChI is InChI=1S/C11H14/c1-8-7-10-5-3-4-6-11(10)9(8)2/h3-6,8-9H,7H2,1-2H3/t8-,9-/m0/s1. The largest absolute Gasteiger partial charge is 0.0620 e. The molecule has 0 spiro atoms. The molecule has 0 unspecified atom stereocenters. The predicted octanol–water partition coefficient (Wildman–Crippen LogP) is 2.98. The third kappa shape index (κ3) is 0.973. The fraction of sp³-hybridized carbons (Fsp3) is 0.455. The Hall–Kier alpha value is -0.780. The van der Waals surface area contributed by atoms with Crippen LogP contribution in [-0.2, 0) is 6.42 Å². The van der Waals surface area contributed by atoms with Gasteiger partial charge in [0.25, 0.3) is 0 Å². The number of rotatable bonds is 0. The quantitative estimate of drug-likeness (QED) is 0.528. The molecule has 58 valence electrons. The van der Waals surface area contributed by atoms with E-state index in [1.807, 2.05) is 0 Å². The van der Waals surface area contributed by atoms with Gasteiger partial charge in [0.2, 0.25) is 0 Å². The van der Waals surface area contributed by atoms with Crippen molar-refractivity contribution < 1.29 is 0 Å². The summed E-state index contributed by atoms with van der Waals surface area (Å²) >= 11 is 0. The zero-order valence-corrected chi connectivity index (χ0v) is 7.17. The lowest BCUT2D eigenvalue weighted by Gasteiger charge is -2.08. The summed E-state index contributed by atoms with van der Waals surface area (Å²) in [6, 6.07) is 8.82. The SMILES string of the molecule is C[C@@H]1c2ccccc2C[C@@H]1C. The van der Waals surface area contributed by atoms with E-state index in [0.29, 0.717) is 0 Å². The summed E-state index contributed by atoms with van der Waals surface area (Å²) in [6.45, 7) is 4.67. The van der Waals surface area contributed by atoms with Gasteiger partial charge in [0, 0.05) is 0 Å². The van der Waals surface area contributed by atoms with Crippen LogP contribution in [0.2, 0.25) is 0 Å². The first-order valence-electron chi connectivity index (χ1n) is 4.37. The Kier molecular flexibility index (Phi) is 1.49. The summed E-state index contributed by atoms with van der Waals surface area (Å²) in [5.74, 6) is 1.61. The number of fused-ring (bicyclic) bond motifs is 1. The molecule has 0 aromatic heterocycles. The zero-order chi connectivity index (χ0) is 7.84. The van der Waals surface area contributed by atoms with E-state index in [1.54, 1.807) is 11.1 Å². The van der Waals surface area contributed by atoms with Crippen molar-refractivity contribution in [3.63, 3.8) is 0 Å². The zero-order valence-electron chi connectivity index (χ0n) is 7.17. The van der Waals surface area contributed by atoms with Crippen LogP contribution in [-0.4, -0.2) is 0 Å². The van der Waals surface area contributed by atoms with Gasteiger partial charge >= 0.3 is 0 Å². The van der Waals surface area contributed by atoms with Crippen molar-refractivity contribution in [3.8, 4) is 0 Å². The fourth-order valence-corrected chi connectivity index (χ4v) is 1.99. The number of benzene rings is 1. The van der Waals surface area contributed by atoms with Gasteiger partial charge in [-0.2, -0.15) is 0 Å². The molecular weight excluding hydrogens is 132 g/mol. The van der Waals surface area contributed by atoms with E-state index >= 15 is 0 Å². The van der Waals surface area contributed by atoms with Crippen LogP contribution < -0.4 is 0 Å². The first kappa shape index (κ1) is 6.90. The molecule has 0 nitrogen and oxygen atoms in total. The molecule has 0 amide bonds. The van der Waals surface area contributed by atoms with Crippen LogP contribution in [0, 0.1) is 5.92 Å². The Balaban J connectivity index is 2.47. The second-order valence-electron chi connectivity index (χ2n) is 3.67. The summed E-state index contributed by atoms with van der Waals surface area (Å²) < 4.78 is 0. The summed E-state index contributed by atoms with van der Waals surface area (Å²) in [5.41, 5.74) is 3.13. The Morgan fingerprint density at radius 2 is 1.91 bits per heavy atom. The van der Waals surface area contributed by atoms with E-state index in [2.05, 4.69) is 38.1 Å². The highest BCUT2D eigenvalue weighted by Gasteiger charge is 2.24. The molecule has 0 bridgehead atoms. The molecule has 1 aliphatic carbocycles.